The van der Waals surface area contributed by atoms with Gasteiger partial charge < -0.3 is 4.90 Å². The lowest BCUT2D eigenvalue weighted by Gasteiger charge is -2.37. The summed E-state index contributed by atoms with van der Waals surface area (Å²) in [6, 6.07) is 15.9. The molecule has 0 bridgehead atoms. The molecule has 2 nitrogen and oxygen atoms in total. The maximum Gasteiger partial charge on any atom is 0.147 e. The molecule has 0 heterocycles. The van der Waals surface area contributed by atoms with E-state index in [4.69, 9.17) is 12.3 Å². The van der Waals surface area contributed by atoms with E-state index in [0.717, 1.165) is 0 Å². The van der Waals surface area contributed by atoms with E-state index < -0.39 is 44.5 Å². The van der Waals surface area contributed by atoms with Gasteiger partial charge in [-0.25, -0.2) is 0 Å². The highest BCUT2D eigenvalue weighted by atomic mass is 16.1. The van der Waals surface area contributed by atoms with E-state index in [1.54, 1.807) is 60.7 Å². The number of rotatable bonds is 7. The summed E-state index contributed by atoms with van der Waals surface area (Å²) in [6.45, 7) is -7.02. The lowest BCUT2D eigenvalue weighted by Crippen LogP contribution is -2.42. The summed E-state index contributed by atoms with van der Waals surface area (Å²) in [5, 5.41) is 0. The molecule has 0 spiro atoms. The van der Waals surface area contributed by atoms with Gasteiger partial charge in [-0.1, -0.05) is 67.5 Å². The third-order valence-electron chi connectivity index (χ3n) is 4.21. The van der Waals surface area contributed by atoms with Crippen molar-refractivity contribution in [2.45, 2.75) is 38.1 Å². The van der Waals surface area contributed by atoms with Crippen molar-refractivity contribution in [3.05, 3.63) is 71.8 Å². The van der Waals surface area contributed by atoms with Crippen molar-refractivity contribution >= 4 is 5.78 Å². The summed E-state index contributed by atoms with van der Waals surface area (Å²) in [5.74, 6) is -0.627. The molecule has 1 atom stereocenters. The third kappa shape index (κ3) is 3.53. The van der Waals surface area contributed by atoms with Crippen LogP contribution in [0.1, 0.15) is 50.1 Å². The molecule has 0 N–H and O–H groups in total. The van der Waals surface area contributed by atoms with Crippen LogP contribution in [-0.4, -0.2) is 30.7 Å². The molecule has 0 saturated carbocycles. The predicted octanol–water partition coefficient (Wildman–Crippen LogP) is 4.29. The van der Waals surface area contributed by atoms with E-state index in [9.17, 15) is 4.79 Å². The number of ketones is 1. The number of benzene rings is 2. The number of Topliss-reactive ketones (excluding diaryl/α,β-unsaturated/α-hetero) is 1. The Labute approximate surface area is 152 Å². The minimum atomic E-state index is -2.95. The van der Waals surface area contributed by atoms with Gasteiger partial charge in [0.1, 0.15) is 5.78 Å². The first kappa shape index (κ1) is 8.79. The molecule has 2 aromatic rings. The maximum atomic E-state index is 13.7. The Morgan fingerprint density at radius 3 is 2.00 bits per heavy atom. The van der Waals surface area contributed by atoms with Gasteiger partial charge in [0.15, 0.2) is 0 Å². The summed E-state index contributed by atoms with van der Waals surface area (Å²) in [4.78, 5) is 14.1. The van der Waals surface area contributed by atoms with Crippen LogP contribution in [0.25, 0.3) is 0 Å². The molecule has 1 unspecified atom stereocenters. The van der Waals surface area contributed by atoms with E-state index >= 15 is 0 Å². The molecule has 23 heavy (non-hydrogen) atoms. The fourth-order valence-electron chi connectivity index (χ4n) is 2.97. The van der Waals surface area contributed by atoms with Crippen LogP contribution in [0.5, 0.6) is 0 Å². The van der Waals surface area contributed by atoms with Gasteiger partial charge in [-0.15, -0.1) is 0 Å². The van der Waals surface area contributed by atoms with Crippen LogP contribution in [0.2, 0.25) is 0 Å². The van der Waals surface area contributed by atoms with Crippen LogP contribution < -0.4 is 0 Å². The zero-order chi connectivity index (χ0) is 24.4. The zero-order valence-electron chi connectivity index (χ0n) is 22.1. The smallest absolute Gasteiger partial charge is 0.147 e. The Morgan fingerprint density at radius 1 is 1.04 bits per heavy atom. The van der Waals surface area contributed by atoms with Crippen molar-refractivity contribution in [3.8, 4) is 0 Å². The number of hydrogen-bond donors (Lipinski definition) is 0. The van der Waals surface area contributed by atoms with Crippen molar-refractivity contribution in [1.29, 1.82) is 0 Å². The van der Waals surface area contributed by atoms with Crippen LogP contribution in [0.15, 0.2) is 60.7 Å². The molecule has 2 rings (SSSR count). The molecule has 0 amide bonds. The molecule has 0 aliphatic carbocycles. The highest BCUT2D eigenvalue weighted by Crippen LogP contribution is 2.39. The Bertz CT molecular complexity index is 836. The van der Waals surface area contributed by atoms with Gasteiger partial charge in [0.2, 0.25) is 0 Å². The normalized spacial score (nSPS) is 20.5. The Hall–Kier alpha value is -1.93. The van der Waals surface area contributed by atoms with Crippen molar-refractivity contribution in [1.82, 2.24) is 4.90 Å². The largest absolute Gasteiger partial charge is 0.307 e. The van der Waals surface area contributed by atoms with Crippen LogP contribution in [0, 0.1) is 0 Å². The van der Waals surface area contributed by atoms with E-state index in [1.165, 1.54) is 6.92 Å². The topological polar surface area (TPSA) is 20.3 Å². The quantitative estimate of drug-likeness (QED) is 0.759. The molecule has 0 saturated heterocycles. The highest BCUT2D eigenvalue weighted by molar-refractivity contribution is 5.93. The summed E-state index contributed by atoms with van der Waals surface area (Å²) in [7, 11) is 0. The van der Waals surface area contributed by atoms with E-state index in [-0.39, 0.29) is 6.42 Å². The molecule has 0 aliphatic rings. The van der Waals surface area contributed by atoms with E-state index in [2.05, 4.69) is 0 Å². The van der Waals surface area contributed by atoms with Gasteiger partial charge in [0.25, 0.3) is 0 Å². The summed E-state index contributed by atoms with van der Waals surface area (Å²) >= 11 is 0. The van der Waals surface area contributed by atoms with Crippen molar-refractivity contribution < 1.29 is 17.1 Å². The van der Waals surface area contributed by atoms with Gasteiger partial charge in [-0.05, 0) is 38.4 Å². The number of nitrogens with zero attached hydrogens (tertiary/aromatic N) is 1. The van der Waals surface area contributed by atoms with Crippen LogP contribution in [0.3, 0.4) is 0 Å². The first-order chi connectivity index (χ1) is 14.6. The molecule has 2 heteroatoms. The van der Waals surface area contributed by atoms with Crippen molar-refractivity contribution in [3.63, 3.8) is 0 Å². The number of carbonyl (C=O) groups excluding carboxylic acids is 1. The Kier molecular flexibility index (Phi) is 2.89. The second-order valence-electron chi connectivity index (χ2n) is 5.66. The predicted molar refractivity (Wildman–Crippen MR) is 96.7 cm³/mol. The summed E-state index contributed by atoms with van der Waals surface area (Å²) in [6.07, 6.45) is -0.974. The molecule has 2 aromatic carbocycles. The van der Waals surface area contributed by atoms with Crippen LogP contribution >= 0.6 is 0 Å². The highest BCUT2D eigenvalue weighted by Gasteiger charge is 2.41. The molecule has 0 aliphatic heterocycles. The van der Waals surface area contributed by atoms with Gasteiger partial charge >= 0.3 is 0 Å². The fourth-order valence-corrected chi connectivity index (χ4v) is 2.97. The maximum absolute atomic E-state index is 13.7. The third-order valence-corrected chi connectivity index (χ3v) is 4.21. The SMILES string of the molecule is [2H]C([2H])([2H])CC(=O)C(CC(C)N(C([2H])([2H])[2H])C([2H])([2H])[2H])(c1ccccc1)c1ccccc1. The Morgan fingerprint density at radius 2 is 1.57 bits per heavy atom. The summed E-state index contributed by atoms with van der Waals surface area (Å²) in [5.41, 5.74) is -0.600. The second-order valence-corrected chi connectivity index (χ2v) is 5.66. The first-order valence-electron chi connectivity index (χ1n) is 12.0. The van der Waals surface area contributed by atoms with Gasteiger partial charge in [0, 0.05) is 24.8 Å². The average Bonchev–Trinajstić information content (AvgIpc) is 2.63. The van der Waals surface area contributed by atoms with Crippen LogP contribution in [-0.2, 0) is 10.2 Å². The molecule has 0 fully saturated rings. The number of hydrogen-bond acceptors (Lipinski definition) is 2. The van der Waals surface area contributed by atoms with Gasteiger partial charge in [-0.3, -0.25) is 4.79 Å². The monoisotopic (exact) mass is 318 g/mol. The fraction of sp³-hybridized carbons (Fsp3) is 0.381. The standard InChI is InChI=1S/C21H27NO/c1-5-20(23)21(16-17(2)22(3)4,18-12-8-6-9-13-18)19-14-10-7-11-15-19/h6-15,17H,5,16H2,1-4H3/i1D3,3D3,4D3. The minimum Gasteiger partial charge on any atom is -0.307 e. The van der Waals surface area contributed by atoms with Crippen molar-refractivity contribution in [2.24, 2.45) is 0 Å². The molecule has 122 valence electrons. The Balaban J connectivity index is 2.75. The van der Waals surface area contributed by atoms with Crippen LogP contribution in [0.4, 0.5) is 0 Å². The summed E-state index contributed by atoms with van der Waals surface area (Å²) < 4.78 is 69.6. The molecular weight excluding hydrogens is 282 g/mol. The second kappa shape index (κ2) is 7.56. The van der Waals surface area contributed by atoms with E-state index in [1.807, 2.05) is 0 Å². The van der Waals surface area contributed by atoms with Gasteiger partial charge in [-0.2, -0.15) is 0 Å². The van der Waals surface area contributed by atoms with E-state index in [0.29, 0.717) is 16.0 Å². The zero-order valence-corrected chi connectivity index (χ0v) is 13.1. The number of carbonyl (C=O) groups is 1. The molecular formula is C21H27NO. The molecule has 0 aromatic heterocycles. The lowest BCUT2D eigenvalue weighted by molar-refractivity contribution is -0.123. The average molecular weight is 319 g/mol. The van der Waals surface area contributed by atoms with Crippen molar-refractivity contribution in [2.75, 3.05) is 14.0 Å². The lowest BCUT2D eigenvalue weighted by atomic mass is 9.67. The molecule has 0 radical (unpaired) electrons. The first-order valence-corrected chi connectivity index (χ1v) is 7.53. The minimum absolute atomic E-state index is 0.229. The van der Waals surface area contributed by atoms with Gasteiger partial charge in [0.05, 0.1) is 5.41 Å².